The molecule has 3 nitrogen and oxygen atoms in total. The first-order valence-electron chi connectivity index (χ1n) is 6.65. The Kier molecular flexibility index (Phi) is 3.25. The molecular weight excluding hydrogens is 238 g/mol. The Morgan fingerprint density at radius 1 is 1.00 bits per heavy atom. The van der Waals surface area contributed by atoms with E-state index in [4.69, 9.17) is 0 Å². The quantitative estimate of drug-likeness (QED) is 0.727. The van der Waals surface area contributed by atoms with Crippen molar-refractivity contribution in [2.45, 2.75) is 46.6 Å². The number of carbonyl (C=O) groups is 2. The van der Waals surface area contributed by atoms with E-state index in [-0.39, 0.29) is 17.9 Å². The van der Waals surface area contributed by atoms with E-state index >= 15 is 0 Å². The summed E-state index contributed by atoms with van der Waals surface area (Å²) in [7, 11) is 1.77. The molecule has 1 aliphatic rings. The molecule has 0 radical (unpaired) electrons. The molecule has 102 valence electrons. The normalized spacial score (nSPS) is 22.4. The third-order valence-electron chi connectivity index (χ3n) is 4.88. The molecule has 2 atom stereocenters. The molecule has 0 saturated carbocycles. The van der Waals surface area contributed by atoms with Gasteiger partial charge in [-0.25, -0.2) is 0 Å². The van der Waals surface area contributed by atoms with Crippen LogP contribution in [0.5, 0.6) is 0 Å². The van der Waals surface area contributed by atoms with Crippen LogP contribution in [-0.2, 0) is 4.79 Å². The molecule has 0 bridgehead atoms. The number of nitrogens with zero attached hydrogens (tertiary/aromatic N) is 1. The van der Waals surface area contributed by atoms with E-state index < -0.39 is 0 Å². The SMILES string of the molecule is Cc1c(C)c(C)c2c(c1C)C(=O)N(C)C(C)C2C=O. The van der Waals surface area contributed by atoms with Gasteiger partial charge in [0.25, 0.3) is 5.91 Å². The van der Waals surface area contributed by atoms with Gasteiger partial charge in [0.15, 0.2) is 0 Å². The van der Waals surface area contributed by atoms with Crippen LogP contribution >= 0.6 is 0 Å². The van der Waals surface area contributed by atoms with Crippen molar-refractivity contribution >= 4 is 12.2 Å². The van der Waals surface area contributed by atoms with Gasteiger partial charge >= 0.3 is 0 Å². The Balaban J connectivity index is 2.88. The number of rotatable bonds is 1. The molecule has 0 N–H and O–H groups in total. The highest BCUT2D eigenvalue weighted by molar-refractivity contribution is 6.01. The second-order valence-corrected chi connectivity index (χ2v) is 5.61. The molecule has 1 aliphatic heterocycles. The molecule has 1 aromatic rings. The lowest BCUT2D eigenvalue weighted by Crippen LogP contribution is -2.45. The summed E-state index contributed by atoms with van der Waals surface area (Å²) in [6.45, 7) is 10.0. The molecule has 3 heteroatoms. The summed E-state index contributed by atoms with van der Waals surface area (Å²) in [6, 6.07) is -0.0855. The van der Waals surface area contributed by atoms with Crippen molar-refractivity contribution in [3.05, 3.63) is 33.4 Å². The number of benzene rings is 1. The van der Waals surface area contributed by atoms with E-state index in [9.17, 15) is 9.59 Å². The fourth-order valence-electron chi connectivity index (χ4n) is 3.06. The van der Waals surface area contributed by atoms with Crippen LogP contribution in [0.1, 0.15) is 51.0 Å². The van der Waals surface area contributed by atoms with E-state index in [0.29, 0.717) is 0 Å². The largest absolute Gasteiger partial charge is 0.338 e. The molecule has 0 saturated heterocycles. The van der Waals surface area contributed by atoms with Gasteiger partial charge in [-0.05, 0) is 62.4 Å². The van der Waals surface area contributed by atoms with Gasteiger partial charge in [-0.3, -0.25) is 4.79 Å². The minimum Gasteiger partial charge on any atom is -0.338 e. The first-order valence-corrected chi connectivity index (χ1v) is 6.65. The van der Waals surface area contributed by atoms with E-state index in [0.717, 1.165) is 34.1 Å². The zero-order valence-electron chi connectivity index (χ0n) is 12.5. The first kappa shape index (κ1) is 13.8. The van der Waals surface area contributed by atoms with Gasteiger partial charge in [0.2, 0.25) is 0 Å². The number of hydrogen-bond donors (Lipinski definition) is 0. The number of amides is 1. The lowest BCUT2D eigenvalue weighted by Gasteiger charge is -2.38. The smallest absolute Gasteiger partial charge is 0.254 e. The summed E-state index contributed by atoms with van der Waals surface area (Å²) in [5, 5.41) is 0. The molecular formula is C16H21NO2. The average Bonchev–Trinajstić information content (AvgIpc) is 2.40. The van der Waals surface area contributed by atoms with Crippen molar-refractivity contribution in [1.29, 1.82) is 0 Å². The minimum absolute atomic E-state index is 0.0318. The maximum atomic E-state index is 12.5. The molecule has 0 aliphatic carbocycles. The molecule has 19 heavy (non-hydrogen) atoms. The van der Waals surface area contributed by atoms with Gasteiger partial charge in [0.05, 0.1) is 5.92 Å². The predicted molar refractivity (Wildman–Crippen MR) is 75.8 cm³/mol. The van der Waals surface area contributed by atoms with Crippen LogP contribution in [0.2, 0.25) is 0 Å². The molecule has 1 aromatic carbocycles. The van der Waals surface area contributed by atoms with Crippen LogP contribution in [0.25, 0.3) is 0 Å². The van der Waals surface area contributed by atoms with Crippen molar-refractivity contribution in [2.75, 3.05) is 7.05 Å². The number of aldehydes is 1. The van der Waals surface area contributed by atoms with E-state index in [1.165, 1.54) is 5.56 Å². The Morgan fingerprint density at radius 2 is 1.53 bits per heavy atom. The van der Waals surface area contributed by atoms with Crippen molar-refractivity contribution in [3.63, 3.8) is 0 Å². The van der Waals surface area contributed by atoms with Crippen molar-refractivity contribution in [3.8, 4) is 0 Å². The van der Waals surface area contributed by atoms with Gasteiger partial charge in [-0.2, -0.15) is 0 Å². The fourth-order valence-corrected chi connectivity index (χ4v) is 3.06. The topological polar surface area (TPSA) is 37.4 Å². The minimum atomic E-state index is -0.226. The van der Waals surface area contributed by atoms with Crippen molar-refractivity contribution in [2.24, 2.45) is 0 Å². The Labute approximate surface area is 114 Å². The van der Waals surface area contributed by atoms with E-state index in [1.54, 1.807) is 11.9 Å². The molecule has 2 unspecified atom stereocenters. The number of fused-ring (bicyclic) bond motifs is 1. The van der Waals surface area contributed by atoms with Crippen LogP contribution < -0.4 is 0 Å². The molecule has 0 spiro atoms. The standard InChI is InChI=1S/C16H21NO2/c1-8-9(2)11(4)15-14(10(8)3)13(7-18)12(5)17(6)16(15)19/h7,12-13H,1-6H3. The Bertz CT molecular complexity index is 575. The van der Waals surface area contributed by atoms with Crippen molar-refractivity contribution < 1.29 is 9.59 Å². The number of carbonyl (C=O) groups excluding carboxylic acids is 2. The highest BCUT2D eigenvalue weighted by atomic mass is 16.2. The Morgan fingerprint density at radius 3 is 2.05 bits per heavy atom. The third kappa shape index (κ3) is 1.71. The second kappa shape index (κ2) is 4.48. The van der Waals surface area contributed by atoms with Gasteiger partial charge in [-0.1, -0.05) is 0 Å². The van der Waals surface area contributed by atoms with Crippen LogP contribution in [0, 0.1) is 27.7 Å². The van der Waals surface area contributed by atoms with Crippen LogP contribution in [-0.4, -0.2) is 30.2 Å². The summed E-state index contributed by atoms with van der Waals surface area (Å²) >= 11 is 0. The second-order valence-electron chi connectivity index (χ2n) is 5.61. The first-order chi connectivity index (χ1) is 8.82. The summed E-state index contributed by atoms with van der Waals surface area (Å²) in [6.07, 6.45) is 0.980. The number of likely N-dealkylation sites (N-methyl/N-ethyl adjacent to an activating group) is 1. The molecule has 0 fully saturated rings. The maximum Gasteiger partial charge on any atom is 0.254 e. The summed E-state index contributed by atoms with van der Waals surface area (Å²) in [5.41, 5.74) is 6.10. The van der Waals surface area contributed by atoms with Crippen LogP contribution in [0.15, 0.2) is 0 Å². The lowest BCUT2D eigenvalue weighted by atomic mass is 9.77. The van der Waals surface area contributed by atoms with Gasteiger partial charge < -0.3 is 9.69 Å². The monoisotopic (exact) mass is 259 g/mol. The zero-order valence-corrected chi connectivity index (χ0v) is 12.5. The highest BCUT2D eigenvalue weighted by Gasteiger charge is 2.38. The summed E-state index contributed by atoms with van der Waals surface area (Å²) in [4.78, 5) is 25.7. The highest BCUT2D eigenvalue weighted by Crippen LogP contribution is 2.38. The Hall–Kier alpha value is -1.64. The van der Waals surface area contributed by atoms with E-state index in [2.05, 4.69) is 6.92 Å². The molecule has 1 amide bonds. The third-order valence-corrected chi connectivity index (χ3v) is 4.88. The summed E-state index contributed by atoms with van der Waals surface area (Å²) < 4.78 is 0. The fraction of sp³-hybridized carbons (Fsp3) is 0.500. The van der Waals surface area contributed by atoms with Gasteiger partial charge in [-0.15, -0.1) is 0 Å². The number of hydrogen-bond acceptors (Lipinski definition) is 2. The zero-order chi connectivity index (χ0) is 14.5. The average molecular weight is 259 g/mol. The predicted octanol–water partition coefficient (Wildman–Crippen LogP) is 2.68. The molecule has 2 rings (SSSR count). The van der Waals surface area contributed by atoms with Crippen LogP contribution in [0.4, 0.5) is 0 Å². The summed E-state index contributed by atoms with van der Waals surface area (Å²) in [5.74, 6) is -0.194. The van der Waals surface area contributed by atoms with Crippen molar-refractivity contribution in [1.82, 2.24) is 4.90 Å². The molecule has 0 aromatic heterocycles. The maximum absolute atomic E-state index is 12.5. The van der Waals surface area contributed by atoms with Gasteiger partial charge in [0, 0.05) is 18.7 Å². The molecule has 1 heterocycles. The van der Waals surface area contributed by atoms with Gasteiger partial charge in [0.1, 0.15) is 6.29 Å². The van der Waals surface area contributed by atoms with Crippen LogP contribution in [0.3, 0.4) is 0 Å². The lowest BCUT2D eigenvalue weighted by molar-refractivity contribution is -0.110. The van der Waals surface area contributed by atoms with E-state index in [1.807, 2.05) is 27.7 Å².